The lowest BCUT2D eigenvalue weighted by molar-refractivity contribution is -0.0445. The van der Waals surface area contributed by atoms with E-state index < -0.39 is 0 Å². The third kappa shape index (κ3) is 3.62. The predicted molar refractivity (Wildman–Crippen MR) is 71.0 cm³/mol. The molecule has 1 unspecified atom stereocenters. The predicted octanol–water partition coefficient (Wildman–Crippen LogP) is 0.698. The second kappa shape index (κ2) is 6.27. The maximum atomic E-state index is 11.6. The second-order valence-corrected chi connectivity index (χ2v) is 5.00. The molecule has 1 atom stereocenters. The highest BCUT2D eigenvalue weighted by Crippen LogP contribution is 2.20. The van der Waals surface area contributed by atoms with Crippen molar-refractivity contribution in [1.82, 2.24) is 14.9 Å². The van der Waals surface area contributed by atoms with E-state index in [1.54, 1.807) is 7.11 Å². The van der Waals surface area contributed by atoms with E-state index in [4.69, 9.17) is 9.47 Å². The molecule has 0 aliphatic carbocycles. The SMILES string of the molecule is COCc1cc(=O)[nH]c(C2CN(C(C)C)CCO2)n1. The first-order valence-electron chi connectivity index (χ1n) is 6.55. The molecule has 2 heterocycles. The molecule has 106 valence electrons. The van der Waals surface area contributed by atoms with E-state index in [0.717, 1.165) is 13.1 Å². The molecule has 0 radical (unpaired) electrons. The summed E-state index contributed by atoms with van der Waals surface area (Å²) in [5.41, 5.74) is 0.467. The van der Waals surface area contributed by atoms with E-state index in [-0.39, 0.29) is 11.7 Å². The molecule has 6 heteroatoms. The molecule has 6 nitrogen and oxygen atoms in total. The normalized spacial score (nSPS) is 20.9. The summed E-state index contributed by atoms with van der Waals surface area (Å²) in [6.45, 7) is 6.95. The van der Waals surface area contributed by atoms with Gasteiger partial charge in [0, 0.05) is 32.3 Å². The van der Waals surface area contributed by atoms with Crippen molar-refractivity contribution in [1.29, 1.82) is 0 Å². The lowest BCUT2D eigenvalue weighted by atomic mass is 10.2. The molecule has 1 aromatic rings. The molecular formula is C13H21N3O3. The molecule has 2 rings (SSSR count). The third-order valence-electron chi connectivity index (χ3n) is 3.24. The lowest BCUT2D eigenvalue weighted by Gasteiger charge is -2.34. The summed E-state index contributed by atoms with van der Waals surface area (Å²) in [5, 5.41) is 0. The molecular weight excluding hydrogens is 246 g/mol. The summed E-state index contributed by atoms with van der Waals surface area (Å²) in [4.78, 5) is 21.1. The van der Waals surface area contributed by atoms with Crippen molar-refractivity contribution in [3.8, 4) is 0 Å². The number of nitrogens with zero attached hydrogens (tertiary/aromatic N) is 2. The molecule has 0 aromatic carbocycles. The van der Waals surface area contributed by atoms with Gasteiger partial charge >= 0.3 is 0 Å². The van der Waals surface area contributed by atoms with Gasteiger partial charge in [0.15, 0.2) is 0 Å². The Morgan fingerprint density at radius 1 is 1.63 bits per heavy atom. The van der Waals surface area contributed by atoms with E-state index in [0.29, 0.717) is 30.8 Å². The van der Waals surface area contributed by atoms with Crippen LogP contribution >= 0.6 is 0 Å². The number of H-pyrrole nitrogens is 1. The summed E-state index contributed by atoms with van der Waals surface area (Å²) in [6, 6.07) is 1.91. The van der Waals surface area contributed by atoms with Crippen molar-refractivity contribution in [3.05, 3.63) is 27.9 Å². The van der Waals surface area contributed by atoms with Crippen LogP contribution in [0.15, 0.2) is 10.9 Å². The molecule has 1 saturated heterocycles. The van der Waals surface area contributed by atoms with Gasteiger partial charge in [-0.2, -0.15) is 0 Å². The Balaban J connectivity index is 2.18. The number of morpholine rings is 1. The van der Waals surface area contributed by atoms with Crippen molar-refractivity contribution in [2.75, 3.05) is 26.8 Å². The summed E-state index contributed by atoms with van der Waals surface area (Å²) >= 11 is 0. The number of ether oxygens (including phenoxy) is 2. The zero-order chi connectivity index (χ0) is 13.8. The van der Waals surface area contributed by atoms with Crippen LogP contribution in [0.1, 0.15) is 31.5 Å². The number of nitrogens with one attached hydrogen (secondary N) is 1. The number of rotatable bonds is 4. The fraction of sp³-hybridized carbons (Fsp3) is 0.692. The van der Waals surface area contributed by atoms with E-state index >= 15 is 0 Å². The Morgan fingerprint density at radius 3 is 3.11 bits per heavy atom. The van der Waals surface area contributed by atoms with Crippen LogP contribution in [0.3, 0.4) is 0 Å². The summed E-state index contributed by atoms with van der Waals surface area (Å²) < 4.78 is 10.7. The van der Waals surface area contributed by atoms with Crippen molar-refractivity contribution >= 4 is 0 Å². The van der Waals surface area contributed by atoms with E-state index in [2.05, 4.69) is 28.7 Å². The van der Waals surface area contributed by atoms with Crippen LogP contribution in [-0.4, -0.2) is 47.7 Å². The van der Waals surface area contributed by atoms with Gasteiger partial charge in [-0.05, 0) is 13.8 Å². The van der Waals surface area contributed by atoms with Crippen molar-refractivity contribution in [2.24, 2.45) is 0 Å². The van der Waals surface area contributed by atoms with Gasteiger partial charge in [0.25, 0.3) is 5.56 Å². The summed E-state index contributed by atoms with van der Waals surface area (Å²) in [5.74, 6) is 0.588. The van der Waals surface area contributed by atoms with Crippen LogP contribution in [-0.2, 0) is 16.1 Å². The average Bonchev–Trinajstić information content (AvgIpc) is 2.38. The van der Waals surface area contributed by atoms with Gasteiger partial charge in [-0.25, -0.2) is 4.98 Å². The number of hydrogen-bond acceptors (Lipinski definition) is 5. The zero-order valence-electron chi connectivity index (χ0n) is 11.7. The van der Waals surface area contributed by atoms with Gasteiger partial charge < -0.3 is 14.5 Å². The third-order valence-corrected chi connectivity index (χ3v) is 3.24. The maximum absolute atomic E-state index is 11.6. The standard InChI is InChI=1S/C13H21N3O3/c1-9(2)16-4-5-19-11(7-16)13-14-10(8-18-3)6-12(17)15-13/h6,9,11H,4-5,7-8H2,1-3H3,(H,14,15,17). The molecule has 1 aliphatic rings. The molecule has 1 aromatic heterocycles. The first-order chi connectivity index (χ1) is 9.10. The Kier molecular flexibility index (Phi) is 4.68. The summed E-state index contributed by atoms with van der Waals surface area (Å²) in [7, 11) is 1.58. The monoisotopic (exact) mass is 267 g/mol. The van der Waals surface area contributed by atoms with Crippen LogP contribution in [0.25, 0.3) is 0 Å². The van der Waals surface area contributed by atoms with Crippen molar-refractivity contribution in [2.45, 2.75) is 32.6 Å². The Bertz CT molecular complexity index is 472. The van der Waals surface area contributed by atoms with Gasteiger partial charge in [-0.1, -0.05) is 0 Å². The first-order valence-corrected chi connectivity index (χ1v) is 6.55. The number of aromatic amines is 1. The van der Waals surface area contributed by atoms with Gasteiger partial charge in [0.2, 0.25) is 0 Å². The number of hydrogen-bond donors (Lipinski definition) is 1. The highest BCUT2D eigenvalue weighted by molar-refractivity contribution is 5.04. The molecule has 0 amide bonds. The topological polar surface area (TPSA) is 67.5 Å². The fourth-order valence-corrected chi connectivity index (χ4v) is 2.21. The van der Waals surface area contributed by atoms with Crippen molar-refractivity contribution < 1.29 is 9.47 Å². The van der Waals surface area contributed by atoms with Gasteiger partial charge in [0.1, 0.15) is 11.9 Å². The minimum absolute atomic E-state index is 0.165. The molecule has 1 fully saturated rings. The Morgan fingerprint density at radius 2 is 2.42 bits per heavy atom. The zero-order valence-corrected chi connectivity index (χ0v) is 11.7. The molecule has 1 N–H and O–H groups in total. The Hall–Kier alpha value is -1.24. The first kappa shape index (κ1) is 14.2. The summed E-state index contributed by atoms with van der Waals surface area (Å²) in [6.07, 6.45) is -0.180. The number of methoxy groups -OCH3 is 1. The fourth-order valence-electron chi connectivity index (χ4n) is 2.21. The average molecular weight is 267 g/mol. The van der Waals surface area contributed by atoms with Gasteiger partial charge in [0.05, 0.1) is 18.9 Å². The largest absolute Gasteiger partial charge is 0.378 e. The van der Waals surface area contributed by atoms with Crippen LogP contribution in [0, 0.1) is 0 Å². The van der Waals surface area contributed by atoms with E-state index in [1.807, 2.05) is 0 Å². The minimum atomic E-state index is -0.180. The lowest BCUT2D eigenvalue weighted by Crippen LogP contribution is -2.43. The molecule has 0 bridgehead atoms. The quantitative estimate of drug-likeness (QED) is 0.869. The minimum Gasteiger partial charge on any atom is -0.378 e. The van der Waals surface area contributed by atoms with Gasteiger partial charge in [-0.15, -0.1) is 0 Å². The van der Waals surface area contributed by atoms with E-state index in [1.165, 1.54) is 6.07 Å². The molecule has 19 heavy (non-hydrogen) atoms. The van der Waals surface area contributed by atoms with E-state index in [9.17, 15) is 4.79 Å². The van der Waals surface area contributed by atoms with Crippen LogP contribution < -0.4 is 5.56 Å². The highest BCUT2D eigenvalue weighted by atomic mass is 16.5. The molecule has 0 saturated carbocycles. The molecule has 1 aliphatic heterocycles. The smallest absolute Gasteiger partial charge is 0.251 e. The van der Waals surface area contributed by atoms with Crippen LogP contribution in [0.5, 0.6) is 0 Å². The van der Waals surface area contributed by atoms with Gasteiger partial charge in [-0.3, -0.25) is 9.69 Å². The van der Waals surface area contributed by atoms with Crippen molar-refractivity contribution in [3.63, 3.8) is 0 Å². The van der Waals surface area contributed by atoms with Crippen LogP contribution in [0.2, 0.25) is 0 Å². The number of aromatic nitrogens is 2. The molecule has 0 spiro atoms. The Labute approximate surface area is 112 Å². The second-order valence-electron chi connectivity index (χ2n) is 5.00. The maximum Gasteiger partial charge on any atom is 0.251 e. The van der Waals surface area contributed by atoms with Crippen LogP contribution in [0.4, 0.5) is 0 Å². The highest BCUT2D eigenvalue weighted by Gasteiger charge is 2.25.